The fourth-order valence-corrected chi connectivity index (χ4v) is 2.18. The van der Waals surface area contributed by atoms with Crippen LogP contribution in [-0.4, -0.2) is 27.1 Å². The van der Waals surface area contributed by atoms with Crippen LogP contribution in [0.4, 0.5) is 0 Å². The second-order valence-electron chi connectivity index (χ2n) is 4.07. The van der Waals surface area contributed by atoms with Gasteiger partial charge in [0.2, 0.25) is 5.91 Å². The lowest BCUT2D eigenvalue weighted by Crippen LogP contribution is -2.20. The molecular weight excluding hydrogens is 292 g/mol. The molecule has 0 radical (unpaired) electrons. The first-order valence-corrected chi connectivity index (χ1v) is 6.85. The second-order valence-corrected chi connectivity index (χ2v) is 5.02. The third-order valence-corrected chi connectivity index (χ3v) is 3.35. The molecule has 21 heavy (non-hydrogen) atoms. The van der Waals surface area contributed by atoms with Crippen molar-refractivity contribution >= 4 is 29.3 Å². The van der Waals surface area contributed by atoms with Crippen molar-refractivity contribution in [2.75, 3.05) is 0 Å². The molecule has 0 fully saturated rings. The van der Waals surface area contributed by atoms with Crippen molar-refractivity contribution in [1.29, 1.82) is 0 Å². The van der Waals surface area contributed by atoms with Crippen molar-refractivity contribution in [2.24, 2.45) is 0 Å². The number of aromatic hydroxyl groups is 1. The minimum atomic E-state index is -1.09. The van der Waals surface area contributed by atoms with E-state index in [1.807, 2.05) is 0 Å². The minimum Gasteiger partial charge on any atom is -0.508 e. The second kappa shape index (κ2) is 6.67. The molecule has 0 aliphatic heterocycles. The zero-order valence-corrected chi connectivity index (χ0v) is 11.6. The maximum absolute atomic E-state index is 11.6. The Morgan fingerprint density at radius 1 is 1.29 bits per heavy atom. The lowest BCUT2D eigenvalue weighted by molar-refractivity contribution is -0.116. The molecule has 0 aliphatic rings. The van der Waals surface area contributed by atoms with E-state index in [9.17, 15) is 9.59 Å². The predicted octanol–water partition coefficient (Wildman–Crippen LogP) is 1.88. The smallest absolute Gasteiger partial charge is 0.355 e. The largest absolute Gasteiger partial charge is 0.508 e. The number of phenolic OH excluding ortho intramolecular Hbond substituents is 1. The molecule has 1 aromatic carbocycles. The van der Waals surface area contributed by atoms with E-state index >= 15 is 0 Å². The summed E-state index contributed by atoms with van der Waals surface area (Å²) in [5.41, 5.74) is 0.759. The Hall–Kier alpha value is -2.67. The summed E-state index contributed by atoms with van der Waals surface area (Å²) in [5, 5.41) is 22.4. The van der Waals surface area contributed by atoms with Gasteiger partial charge in [0.1, 0.15) is 10.8 Å². The van der Waals surface area contributed by atoms with Crippen LogP contribution < -0.4 is 5.32 Å². The number of carboxylic acid groups (broad SMARTS) is 1. The van der Waals surface area contributed by atoms with Gasteiger partial charge in [0, 0.05) is 11.5 Å². The van der Waals surface area contributed by atoms with Crippen LogP contribution in [-0.2, 0) is 11.3 Å². The third-order valence-electron chi connectivity index (χ3n) is 2.50. The number of benzene rings is 1. The summed E-state index contributed by atoms with van der Waals surface area (Å²) in [5.74, 6) is -1.24. The van der Waals surface area contributed by atoms with E-state index in [1.54, 1.807) is 18.2 Å². The number of aromatic carboxylic acids is 1. The summed E-state index contributed by atoms with van der Waals surface area (Å²) in [7, 11) is 0. The van der Waals surface area contributed by atoms with E-state index < -0.39 is 5.97 Å². The van der Waals surface area contributed by atoms with Gasteiger partial charge in [-0.25, -0.2) is 9.78 Å². The molecule has 2 rings (SSSR count). The highest BCUT2D eigenvalue weighted by molar-refractivity contribution is 7.09. The van der Waals surface area contributed by atoms with Gasteiger partial charge in [-0.05, 0) is 23.8 Å². The zero-order valence-electron chi connectivity index (χ0n) is 10.8. The van der Waals surface area contributed by atoms with Gasteiger partial charge in [0.05, 0.1) is 6.54 Å². The average Bonchev–Trinajstić information content (AvgIpc) is 2.93. The van der Waals surface area contributed by atoms with Gasteiger partial charge in [-0.1, -0.05) is 12.1 Å². The highest BCUT2D eigenvalue weighted by atomic mass is 32.1. The first-order valence-electron chi connectivity index (χ1n) is 5.97. The van der Waals surface area contributed by atoms with Gasteiger partial charge in [0.25, 0.3) is 0 Å². The number of nitrogens with zero attached hydrogens (tertiary/aromatic N) is 1. The molecule has 3 N–H and O–H groups in total. The molecule has 6 nitrogen and oxygen atoms in total. The van der Waals surface area contributed by atoms with Gasteiger partial charge < -0.3 is 15.5 Å². The van der Waals surface area contributed by atoms with Crippen LogP contribution in [0.15, 0.2) is 35.7 Å². The van der Waals surface area contributed by atoms with Crippen molar-refractivity contribution in [2.45, 2.75) is 6.54 Å². The third kappa shape index (κ3) is 4.43. The Morgan fingerprint density at radius 2 is 2.00 bits per heavy atom. The molecule has 7 heteroatoms. The fraction of sp³-hybridized carbons (Fsp3) is 0.0714. The van der Waals surface area contributed by atoms with E-state index in [0.29, 0.717) is 5.01 Å². The molecule has 0 saturated heterocycles. The summed E-state index contributed by atoms with van der Waals surface area (Å²) in [6, 6.07) is 6.42. The van der Waals surface area contributed by atoms with Gasteiger partial charge in [-0.15, -0.1) is 11.3 Å². The van der Waals surface area contributed by atoms with Crippen LogP contribution in [0.5, 0.6) is 5.75 Å². The number of phenols is 1. The highest BCUT2D eigenvalue weighted by Crippen LogP contribution is 2.11. The highest BCUT2D eigenvalue weighted by Gasteiger charge is 2.08. The minimum absolute atomic E-state index is 0.0242. The van der Waals surface area contributed by atoms with Gasteiger partial charge in [-0.3, -0.25) is 4.79 Å². The quantitative estimate of drug-likeness (QED) is 0.732. The standard InChI is InChI=1S/C14H12N2O4S/c17-10-4-1-9(2-5-10)3-6-12(18)15-7-13-16-11(8-21-13)14(19)20/h1-6,8,17H,7H2,(H,15,18)(H,19,20). The monoisotopic (exact) mass is 304 g/mol. The molecule has 0 unspecified atom stereocenters. The molecule has 0 bridgehead atoms. The summed E-state index contributed by atoms with van der Waals surface area (Å²) in [6.07, 6.45) is 2.97. The number of hydrogen-bond acceptors (Lipinski definition) is 5. The lowest BCUT2D eigenvalue weighted by Gasteiger charge is -1.98. The van der Waals surface area contributed by atoms with Crippen LogP contribution in [0, 0.1) is 0 Å². The Bertz CT molecular complexity index is 677. The van der Waals surface area contributed by atoms with Gasteiger partial charge in [0.15, 0.2) is 5.69 Å². The van der Waals surface area contributed by atoms with E-state index in [1.165, 1.54) is 34.9 Å². The molecule has 0 spiro atoms. The molecule has 0 saturated carbocycles. The Kier molecular flexibility index (Phi) is 4.68. The summed E-state index contributed by atoms with van der Waals surface area (Å²) < 4.78 is 0. The Balaban J connectivity index is 1.86. The van der Waals surface area contributed by atoms with E-state index in [-0.39, 0.29) is 23.9 Å². The molecule has 0 atom stereocenters. The van der Waals surface area contributed by atoms with Gasteiger partial charge in [-0.2, -0.15) is 0 Å². The van der Waals surface area contributed by atoms with Crippen molar-refractivity contribution in [3.8, 4) is 5.75 Å². The van der Waals surface area contributed by atoms with Crippen molar-refractivity contribution in [3.05, 3.63) is 52.0 Å². The number of thiazole rings is 1. The predicted molar refractivity (Wildman–Crippen MR) is 78.1 cm³/mol. The molecule has 1 aromatic heterocycles. The van der Waals surface area contributed by atoms with Crippen LogP contribution in [0.1, 0.15) is 21.1 Å². The normalized spacial score (nSPS) is 10.7. The maximum atomic E-state index is 11.6. The van der Waals surface area contributed by atoms with Crippen LogP contribution in [0.3, 0.4) is 0 Å². The van der Waals surface area contributed by atoms with E-state index in [2.05, 4.69) is 10.3 Å². The lowest BCUT2D eigenvalue weighted by atomic mass is 10.2. The number of nitrogens with one attached hydrogen (secondary N) is 1. The van der Waals surface area contributed by atoms with Crippen molar-refractivity contribution < 1.29 is 19.8 Å². The molecule has 2 aromatic rings. The van der Waals surface area contributed by atoms with Crippen LogP contribution in [0.25, 0.3) is 6.08 Å². The van der Waals surface area contributed by atoms with Crippen molar-refractivity contribution in [1.82, 2.24) is 10.3 Å². The number of hydrogen-bond donors (Lipinski definition) is 3. The zero-order chi connectivity index (χ0) is 15.2. The summed E-state index contributed by atoms with van der Waals surface area (Å²) >= 11 is 1.18. The first kappa shape index (κ1) is 14.7. The number of carboxylic acids is 1. The molecule has 1 heterocycles. The first-order chi connectivity index (χ1) is 10.0. The Labute approximate surface area is 124 Å². The molecule has 1 amide bonds. The van der Waals surface area contributed by atoms with E-state index in [0.717, 1.165) is 5.56 Å². The van der Waals surface area contributed by atoms with E-state index in [4.69, 9.17) is 10.2 Å². The Morgan fingerprint density at radius 3 is 2.62 bits per heavy atom. The topological polar surface area (TPSA) is 99.5 Å². The molecular formula is C14H12N2O4S. The average molecular weight is 304 g/mol. The molecule has 108 valence electrons. The number of carbonyl (C=O) groups is 2. The number of amides is 1. The van der Waals surface area contributed by atoms with Crippen LogP contribution >= 0.6 is 11.3 Å². The maximum Gasteiger partial charge on any atom is 0.355 e. The summed E-state index contributed by atoms with van der Waals surface area (Å²) in [4.78, 5) is 26.1. The SMILES string of the molecule is O=C(C=Cc1ccc(O)cc1)NCc1nc(C(=O)O)cs1. The number of rotatable bonds is 5. The van der Waals surface area contributed by atoms with Gasteiger partial charge >= 0.3 is 5.97 Å². The van der Waals surface area contributed by atoms with Crippen molar-refractivity contribution in [3.63, 3.8) is 0 Å². The number of carbonyl (C=O) groups excluding carboxylic acids is 1. The van der Waals surface area contributed by atoms with Crippen LogP contribution in [0.2, 0.25) is 0 Å². The summed E-state index contributed by atoms with van der Waals surface area (Å²) in [6.45, 7) is 0.177. The molecule has 0 aliphatic carbocycles. The fourth-order valence-electron chi connectivity index (χ4n) is 1.47. The number of aromatic nitrogens is 1.